The Hall–Kier alpha value is -1.71. The molecule has 0 aliphatic rings. The second kappa shape index (κ2) is 5.35. The van der Waals surface area contributed by atoms with Gasteiger partial charge in [-0.15, -0.1) is 24.8 Å². The van der Waals surface area contributed by atoms with Crippen LogP contribution >= 0.6 is 11.6 Å². The third-order valence-electron chi connectivity index (χ3n) is 1.97. The van der Waals surface area contributed by atoms with Gasteiger partial charge in [0, 0.05) is 6.20 Å². The third kappa shape index (κ3) is 3.65. The fourth-order valence-corrected chi connectivity index (χ4v) is 1.48. The topological polar surface area (TPSA) is 59.4 Å². The highest BCUT2D eigenvalue weighted by Crippen LogP contribution is 2.41. The number of carboxylic acid groups (broad SMARTS) is 1. The molecule has 0 saturated carbocycles. The van der Waals surface area contributed by atoms with E-state index in [-0.39, 0.29) is 6.20 Å². The van der Waals surface area contributed by atoms with Crippen molar-refractivity contribution in [2.24, 2.45) is 0 Å². The molecule has 0 saturated heterocycles. The summed E-state index contributed by atoms with van der Waals surface area (Å²) in [5.41, 5.74) is -4.01. The first-order chi connectivity index (χ1) is 8.97. The van der Waals surface area contributed by atoms with Crippen molar-refractivity contribution in [3.63, 3.8) is 0 Å². The molecular formula is C9H4ClF6NO3. The quantitative estimate of drug-likeness (QED) is 0.684. The van der Waals surface area contributed by atoms with Crippen molar-refractivity contribution in [1.29, 1.82) is 0 Å². The zero-order valence-corrected chi connectivity index (χ0v) is 9.90. The van der Waals surface area contributed by atoms with Gasteiger partial charge in [0.05, 0.1) is 11.6 Å². The fourth-order valence-electron chi connectivity index (χ4n) is 1.28. The summed E-state index contributed by atoms with van der Waals surface area (Å²) in [4.78, 5) is 13.9. The van der Waals surface area contributed by atoms with E-state index in [0.717, 1.165) is 0 Å². The summed E-state index contributed by atoms with van der Waals surface area (Å²) < 4.78 is 77.4. The minimum atomic E-state index is -5.50. The summed E-state index contributed by atoms with van der Waals surface area (Å²) in [5, 5.41) is 8.75. The van der Waals surface area contributed by atoms with Gasteiger partial charge >= 0.3 is 18.5 Å². The van der Waals surface area contributed by atoms with Gasteiger partial charge in [0.25, 0.3) is 0 Å². The second-order valence-corrected chi connectivity index (χ2v) is 3.57. The normalized spacial score (nSPS) is 12.3. The molecule has 0 aliphatic carbocycles. The molecule has 1 aromatic heterocycles. The van der Waals surface area contributed by atoms with Gasteiger partial charge in [-0.05, 0) is 0 Å². The van der Waals surface area contributed by atoms with E-state index in [0.29, 0.717) is 0 Å². The lowest BCUT2D eigenvalue weighted by atomic mass is 10.1. The largest absolute Gasteiger partial charge is 0.573 e. The Kier molecular flexibility index (Phi) is 4.37. The molecule has 112 valence electrons. The van der Waals surface area contributed by atoms with Gasteiger partial charge in [0.15, 0.2) is 5.75 Å². The van der Waals surface area contributed by atoms with Crippen LogP contribution in [0.4, 0.5) is 26.3 Å². The van der Waals surface area contributed by atoms with Crippen molar-refractivity contribution in [3.05, 3.63) is 23.0 Å². The molecule has 0 unspecified atom stereocenters. The number of halogens is 7. The molecule has 0 atom stereocenters. The highest BCUT2D eigenvalue weighted by Gasteiger charge is 2.43. The summed E-state index contributed by atoms with van der Waals surface area (Å²) in [6.45, 7) is 0. The zero-order chi connectivity index (χ0) is 15.7. The van der Waals surface area contributed by atoms with E-state index in [1.165, 1.54) is 0 Å². The summed E-state index contributed by atoms with van der Waals surface area (Å²) in [6.07, 6.45) is -10.7. The number of carbonyl (C=O) groups is 1. The van der Waals surface area contributed by atoms with Crippen LogP contribution in [0.15, 0.2) is 6.20 Å². The first-order valence-corrected chi connectivity index (χ1v) is 5.15. The Morgan fingerprint density at radius 2 is 1.85 bits per heavy atom. The van der Waals surface area contributed by atoms with E-state index in [4.69, 9.17) is 16.7 Å². The highest BCUT2D eigenvalue weighted by atomic mass is 35.5. The summed E-state index contributed by atoms with van der Waals surface area (Å²) in [7, 11) is 0. The number of alkyl halides is 7. The molecule has 11 heteroatoms. The van der Waals surface area contributed by atoms with Crippen LogP contribution in [-0.4, -0.2) is 22.4 Å². The SMILES string of the molecule is O=C(O)c1c(CCl)ncc(C(F)(F)F)c1OC(F)(F)F. The zero-order valence-electron chi connectivity index (χ0n) is 9.14. The van der Waals surface area contributed by atoms with E-state index in [1.54, 1.807) is 0 Å². The van der Waals surface area contributed by atoms with Crippen LogP contribution in [-0.2, 0) is 12.1 Å². The molecule has 0 aliphatic heterocycles. The number of carboxylic acids is 1. The Morgan fingerprint density at radius 3 is 2.20 bits per heavy atom. The second-order valence-electron chi connectivity index (χ2n) is 3.31. The molecule has 0 aromatic carbocycles. The van der Waals surface area contributed by atoms with E-state index in [2.05, 4.69) is 9.72 Å². The number of hydrogen-bond donors (Lipinski definition) is 1. The maximum absolute atomic E-state index is 12.6. The predicted octanol–water partition coefficient (Wildman–Crippen LogP) is 3.44. The standard InChI is InChI=1S/C9H4ClF6NO3/c10-1-4-5(7(18)19)6(20-9(14,15)16)3(2-17-4)8(11,12)13/h2H,1H2,(H,18,19). The Bertz CT molecular complexity index is 528. The summed E-state index contributed by atoms with van der Waals surface area (Å²) >= 11 is 5.24. The average molecular weight is 324 g/mol. The van der Waals surface area contributed by atoms with Gasteiger partial charge in [-0.2, -0.15) is 13.2 Å². The van der Waals surface area contributed by atoms with E-state index >= 15 is 0 Å². The lowest BCUT2D eigenvalue weighted by Crippen LogP contribution is -2.23. The van der Waals surface area contributed by atoms with Gasteiger partial charge in [-0.1, -0.05) is 0 Å². The minimum absolute atomic E-state index is 0.0330. The summed E-state index contributed by atoms with van der Waals surface area (Å²) in [5.74, 6) is -4.66. The van der Waals surface area contributed by atoms with E-state index in [1.807, 2.05) is 0 Å². The molecule has 20 heavy (non-hydrogen) atoms. The van der Waals surface area contributed by atoms with Gasteiger partial charge in [-0.25, -0.2) is 4.79 Å². The van der Waals surface area contributed by atoms with Crippen molar-refractivity contribution in [1.82, 2.24) is 4.98 Å². The maximum Gasteiger partial charge on any atom is 0.573 e. The fraction of sp³-hybridized carbons (Fsp3) is 0.333. The van der Waals surface area contributed by atoms with Gasteiger partial charge in [0.2, 0.25) is 0 Å². The first-order valence-electron chi connectivity index (χ1n) is 4.61. The Labute approximate surface area is 111 Å². The monoisotopic (exact) mass is 323 g/mol. The molecule has 1 aromatic rings. The number of ether oxygens (including phenoxy) is 1. The Balaban J connectivity index is 3.64. The molecule has 0 amide bonds. The van der Waals surface area contributed by atoms with Crippen molar-refractivity contribution in [2.45, 2.75) is 18.4 Å². The molecular weight excluding hydrogens is 320 g/mol. The number of aromatic nitrogens is 1. The van der Waals surface area contributed by atoms with Crippen molar-refractivity contribution >= 4 is 17.6 Å². The third-order valence-corrected chi connectivity index (χ3v) is 2.23. The number of hydrogen-bond acceptors (Lipinski definition) is 3. The van der Waals surface area contributed by atoms with Crippen LogP contribution in [0.3, 0.4) is 0 Å². The van der Waals surface area contributed by atoms with Crippen LogP contribution in [0.25, 0.3) is 0 Å². The highest BCUT2D eigenvalue weighted by molar-refractivity contribution is 6.17. The molecule has 4 nitrogen and oxygen atoms in total. The average Bonchev–Trinajstić information content (AvgIpc) is 2.23. The van der Waals surface area contributed by atoms with Crippen LogP contribution in [0, 0.1) is 0 Å². The summed E-state index contributed by atoms with van der Waals surface area (Å²) in [6, 6.07) is 0. The van der Waals surface area contributed by atoms with Gasteiger partial charge in [0.1, 0.15) is 11.1 Å². The van der Waals surface area contributed by atoms with Crippen molar-refractivity contribution in [2.75, 3.05) is 0 Å². The molecule has 0 spiro atoms. The molecule has 0 fully saturated rings. The first kappa shape index (κ1) is 16.3. The van der Waals surface area contributed by atoms with Crippen molar-refractivity contribution < 1.29 is 41.0 Å². The van der Waals surface area contributed by atoms with Crippen LogP contribution in [0.2, 0.25) is 0 Å². The van der Waals surface area contributed by atoms with E-state index < -0.39 is 47.0 Å². The van der Waals surface area contributed by atoms with Gasteiger partial charge < -0.3 is 9.84 Å². The van der Waals surface area contributed by atoms with Crippen LogP contribution < -0.4 is 4.74 Å². The van der Waals surface area contributed by atoms with Crippen LogP contribution in [0.1, 0.15) is 21.6 Å². The molecule has 1 rings (SSSR count). The lowest BCUT2D eigenvalue weighted by Gasteiger charge is -2.18. The number of aromatic carboxylic acids is 1. The smallest absolute Gasteiger partial charge is 0.477 e. The van der Waals surface area contributed by atoms with Gasteiger partial charge in [-0.3, -0.25) is 4.98 Å². The maximum atomic E-state index is 12.6. The number of nitrogens with zero attached hydrogens (tertiary/aromatic N) is 1. The van der Waals surface area contributed by atoms with Crippen molar-refractivity contribution in [3.8, 4) is 5.75 Å². The van der Waals surface area contributed by atoms with E-state index in [9.17, 15) is 31.1 Å². The minimum Gasteiger partial charge on any atom is -0.477 e. The predicted molar refractivity (Wildman–Crippen MR) is 52.4 cm³/mol. The molecule has 0 radical (unpaired) electrons. The molecule has 1 heterocycles. The molecule has 0 bridgehead atoms. The lowest BCUT2D eigenvalue weighted by molar-refractivity contribution is -0.276. The number of rotatable bonds is 3. The van der Waals surface area contributed by atoms with Crippen LogP contribution in [0.5, 0.6) is 5.75 Å². The molecule has 1 N–H and O–H groups in total. The Morgan fingerprint density at radius 1 is 1.30 bits per heavy atom. The number of pyridine rings is 1.